The van der Waals surface area contributed by atoms with Crippen molar-refractivity contribution < 1.29 is 4.79 Å². The Kier molecular flexibility index (Phi) is 5.91. The number of para-hydroxylation sites is 1. The molecule has 1 saturated carbocycles. The smallest absolute Gasteiger partial charge is 0.224 e. The summed E-state index contributed by atoms with van der Waals surface area (Å²) in [6.45, 7) is 0. The molecule has 0 unspecified atom stereocenters. The lowest BCUT2D eigenvalue weighted by Crippen LogP contribution is -2.40. The molecule has 29 heavy (non-hydrogen) atoms. The summed E-state index contributed by atoms with van der Waals surface area (Å²) in [7, 11) is 0. The quantitative estimate of drug-likeness (QED) is 0.449. The SMILES string of the molecule is NC(=O)C1(Cc2scc3ccccc23)CCCCC1.c1ccc2ncccc2c1. The Bertz CT molecular complexity index is 1050. The summed E-state index contributed by atoms with van der Waals surface area (Å²) >= 11 is 1.76. The Balaban J connectivity index is 0.000000171. The minimum atomic E-state index is -0.300. The maximum absolute atomic E-state index is 12.0. The highest BCUT2D eigenvalue weighted by molar-refractivity contribution is 7.11. The molecule has 4 aromatic rings. The number of nitrogens with two attached hydrogens (primary N) is 1. The molecule has 0 radical (unpaired) electrons. The molecule has 4 heteroatoms. The topological polar surface area (TPSA) is 56.0 Å². The number of carbonyl (C=O) groups is 1. The van der Waals surface area contributed by atoms with Gasteiger partial charge in [0.25, 0.3) is 0 Å². The number of primary amides is 1. The largest absolute Gasteiger partial charge is 0.369 e. The van der Waals surface area contributed by atoms with Gasteiger partial charge in [0.05, 0.1) is 10.9 Å². The van der Waals surface area contributed by atoms with Gasteiger partial charge < -0.3 is 5.73 Å². The maximum atomic E-state index is 12.0. The van der Waals surface area contributed by atoms with E-state index in [1.54, 1.807) is 11.3 Å². The van der Waals surface area contributed by atoms with Gasteiger partial charge in [0, 0.05) is 16.5 Å². The Morgan fingerprint density at radius 2 is 1.62 bits per heavy atom. The summed E-state index contributed by atoms with van der Waals surface area (Å²) in [5.74, 6) is -0.107. The van der Waals surface area contributed by atoms with Gasteiger partial charge in [-0.15, -0.1) is 11.3 Å². The van der Waals surface area contributed by atoms with Crippen LogP contribution in [0.3, 0.4) is 0 Å². The predicted molar refractivity (Wildman–Crippen MR) is 122 cm³/mol. The first-order valence-corrected chi connectivity index (χ1v) is 11.1. The third kappa shape index (κ3) is 4.33. The number of hydrogen-bond donors (Lipinski definition) is 1. The summed E-state index contributed by atoms with van der Waals surface area (Å²) in [5, 5.41) is 5.95. The molecule has 3 nitrogen and oxygen atoms in total. The molecule has 148 valence electrons. The number of hydrogen-bond acceptors (Lipinski definition) is 3. The Morgan fingerprint density at radius 1 is 0.931 bits per heavy atom. The minimum absolute atomic E-state index is 0.107. The molecular formula is C25H26N2OS. The molecular weight excluding hydrogens is 376 g/mol. The first-order chi connectivity index (χ1) is 14.2. The zero-order chi connectivity index (χ0) is 20.1. The van der Waals surface area contributed by atoms with E-state index in [9.17, 15) is 4.79 Å². The van der Waals surface area contributed by atoms with Gasteiger partial charge in [-0.2, -0.15) is 0 Å². The van der Waals surface area contributed by atoms with Crippen LogP contribution in [0.1, 0.15) is 37.0 Å². The van der Waals surface area contributed by atoms with E-state index in [4.69, 9.17) is 5.73 Å². The van der Waals surface area contributed by atoms with E-state index in [0.717, 1.165) is 37.6 Å². The number of benzene rings is 2. The summed E-state index contributed by atoms with van der Waals surface area (Å²) in [4.78, 5) is 17.5. The Labute approximate surface area is 175 Å². The normalized spacial score (nSPS) is 15.6. The number of rotatable bonds is 3. The van der Waals surface area contributed by atoms with E-state index in [-0.39, 0.29) is 11.3 Å². The number of amides is 1. The van der Waals surface area contributed by atoms with Crippen molar-refractivity contribution in [2.45, 2.75) is 38.5 Å². The van der Waals surface area contributed by atoms with E-state index in [1.807, 2.05) is 30.5 Å². The molecule has 1 fully saturated rings. The fraction of sp³-hybridized carbons (Fsp3) is 0.280. The van der Waals surface area contributed by atoms with Gasteiger partial charge in [-0.25, -0.2) is 0 Å². The van der Waals surface area contributed by atoms with E-state index in [0.29, 0.717) is 0 Å². The maximum Gasteiger partial charge on any atom is 0.224 e. The summed E-state index contributed by atoms with van der Waals surface area (Å²) in [6.07, 6.45) is 8.03. The number of thiophene rings is 1. The molecule has 0 saturated heterocycles. The van der Waals surface area contributed by atoms with Crippen molar-refractivity contribution >= 4 is 38.9 Å². The number of carbonyl (C=O) groups excluding carboxylic acids is 1. The van der Waals surface area contributed by atoms with Crippen LogP contribution < -0.4 is 5.73 Å². The average Bonchev–Trinajstić information content (AvgIpc) is 3.17. The fourth-order valence-electron chi connectivity index (χ4n) is 4.25. The molecule has 5 rings (SSSR count). The first-order valence-electron chi connectivity index (χ1n) is 10.2. The van der Waals surface area contributed by atoms with Gasteiger partial charge in [0.2, 0.25) is 5.91 Å². The highest BCUT2D eigenvalue weighted by Gasteiger charge is 2.38. The first kappa shape index (κ1) is 19.6. The van der Waals surface area contributed by atoms with Crippen LogP contribution in [0.25, 0.3) is 21.7 Å². The summed E-state index contributed by atoms with van der Waals surface area (Å²) in [5.41, 5.74) is 6.49. The fourth-order valence-corrected chi connectivity index (χ4v) is 5.40. The van der Waals surface area contributed by atoms with E-state index in [1.165, 1.54) is 27.5 Å². The van der Waals surface area contributed by atoms with Crippen molar-refractivity contribution in [1.82, 2.24) is 4.98 Å². The highest BCUT2D eigenvalue weighted by Crippen LogP contribution is 2.41. The van der Waals surface area contributed by atoms with Gasteiger partial charge in [-0.05, 0) is 47.5 Å². The van der Waals surface area contributed by atoms with Crippen molar-refractivity contribution in [3.63, 3.8) is 0 Å². The monoisotopic (exact) mass is 402 g/mol. The molecule has 2 aromatic carbocycles. The van der Waals surface area contributed by atoms with Crippen molar-refractivity contribution in [2.24, 2.45) is 11.1 Å². The van der Waals surface area contributed by atoms with Crippen LogP contribution in [0.2, 0.25) is 0 Å². The number of pyridine rings is 1. The molecule has 2 aromatic heterocycles. The lowest BCUT2D eigenvalue weighted by atomic mass is 9.71. The third-order valence-electron chi connectivity index (χ3n) is 5.93. The van der Waals surface area contributed by atoms with Gasteiger partial charge in [-0.1, -0.05) is 67.8 Å². The number of fused-ring (bicyclic) bond motifs is 2. The zero-order valence-corrected chi connectivity index (χ0v) is 17.3. The molecule has 0 atom stereocenters. The lowest BCUT2D eigenvalue weighted by Gasteiger charge is -2.34. The van der Waals surface area contributed by atoms with E-state index >= 15 is 0 Å². The third-order valence-corrected chi connectivity index (χ3v) is 6.95. The highest BCUT2D eigenvalue weighted by atomic mass is 32.1. The van der Waals surface area contributed by atoms with E-state index in [2.05, 4.69) is 46.8 Å². The predicted octanol–water partition coefficient (Wildman–Crippen LogP) is 6.11. The molecule has 0 spiro atoms. The van der Waals surface area contributed by atoms with Crippen LogP contribution >= 0.6 is 11.3 Å². The number of aromatic nitrogens is 1. The summed E-state index contributed by atoms with van der Waals surface area (Å²) < 4.78 is 0. The molecule has 1 aliphatic rings. The lowest BCUT2D eigenvalue weighted by molar-refractivity contribution is -0.129. The molecule has 2 heterocycles. The van der Waals surface area contributed by atoms with Crippen LogP contribution in [0.15, 0.2) is 72.2 Å². The molecule has 1 amide bonds. The van der Waals surface area contributed by atoms with Crippen LogP contribution in [0.4, 0.5) is 0 Å². The van der Waals surface area contributed by atoms with Gasteiger partial charge in [-0.3, -0.25) is 9.78 Å². The molecule has 2 N–H and O–H groups in total. The molecule has 0 bridgehead atoms. The van der Waals surface area contributed by atoms with Crippen molar-refractivity contribution in [1.29, 1.82) is 0 Å². The van der Waals surface area contributed by atoms with Gasteiger partial charge >= 0.3 is 0 Å². The van der Waals surface area contributed by atoms with Crippen molar-refractivity contribution in [3.05, 3.63) is 77.1 Å². The second-order valence-corrected chi connectivity index (χ2v) is 8.79. The van der Waals surface area contributed by atoms with E-state index < -0.39 is 0 Å². The second kappa shape index (κ2) is 8.75. The van der Waals surface area contributed by atoms with Crippen LogP contribution in [0.5, 0.6) is 0 Å². The minimum Gasteiger partial charge on any atom is -0.369 e. The van der Waals surface area contributed by atoms with Gasteiger partial charge in [0.1, 0.15) is 0 Å². The second-order valence-electron chi connectivity index (χ2n) is 7.82. The summed E-state index contributed by atoms with van der Waals surface area (Å²) in [6, 6.07) is 20.5. The Morgan fingerprint density at radius 3 is 2.38 bits per heavy atom. The standard InChI is InChI=1S/C16H19NOS.C9H7N/c17-15(18)16(8-4-1-5-9-16)10-14-13-7-3-2-6-12(13)11-19-14;1-2-6-9-8(4-1)5-3-7-10-9/h2-3,6-7,11H,1,4-5,8-10H2,(H2,17,18);1-7H. The van der Waals surface area contributed by atoms with Crippen LogP contribution in [0, 0.1) is 5.41 Å². The molecule has 0 aliphatic heterocycles. The van der Waals surface area contributed by atoms with Gasteiger partial charge in [0.15, 0.2) is 0 Å². The number of nitrogens with zero attached hydrogens (tertiary/aromatic N) is 1. The van der Waals surface area contributed by atoms with Crippen LogP contribution in [-0.2, 0) is 11.2 Å². The van der Waals surface area contributed by atoms with Crippen molar-refractivity contribution in [2.75, 3.05) is 0 Å². The average molecular weight is 403 g/mol. The zero-order valence-electron chi connectivity index (χ0n) is 16.5. The van der Waals surface area contributed by atoms with Crippen molar-refractivity contribution in [3.8, 4) is 0 Å². The van der Waals surface area contributed by atoms with Crippen LogP contribution in [-0.4, -0.2) is 10.9 Å². The molecule has 1 aliphatic carbocycles. The Hall–Kier alpha value is -2.72.